The lowest BCUT2D eigenvalue weighted by Crippen LogP contribution is -2.40. The second-order valence-corrected chi connectivity index (χ2v) is 7.85. The molecule has 1 aliphatic heterocycles. The molecule has 0 unspecified atom stereocenters. The van der Waals surface area contributed by atoms with Gasteiger partial charge < -0.3 is 20.3 Å². The number of halogens is 3. The maximum absolute atomic E-state index is 12.3. The van der Waals surface area contributed by atoms with Crippen LogP contribution in [0.1, 0.15) is 22.4 Å². The van der Waals surface area contributed by atoms with Gasteiger partial charge in [0.25, 0.3) is 0 Å². The molecule has 0 fully saturated rings. The van der Waals surface area contributed by atoms with Crippen LogP contribution in [0.25, 0.3) is 0 Å². The number of hydrogen-bond acceptors (Lipinski definition) is 4. The highest BCUT2D eigenvalue weighted by atomic mass is 32.1. The predicted molar refractivity (Wildman–Crippen MR) is 106 cm³/mol. The third kappa shape index (κ3) is 6.65. The van der Waals surface area contributed by atoms with Crippen molar-refractivity contribution in [2.75, 3.05) is 19.7 Å². The maximum Gasteiger partial charge on any atom is 0.422 e. The van der Waals surface area contributed by atoms with E-state index >= 15 is 0 Å². The topological polar surface area (TPSA) is 70.7 Å². The maximum atomic E-state index is 12.3. The molecule has 3 amide bonds. The van der Waals surface area contributed by atoms with Gasteiger partial charge in [-0.25, -0.2) is 4.79 Å². The summed E-state index contributed by atoms with van der Waals surface area (Å²) in [6, 6.07) is 7.65. The van der Waals surface area contributed by atoms with Crippen molar-refractivity contribution in [1.29, 1.82) is 0 Å². The average Bonchev–Trinajstić information content (AvgIpc) is 3.18. The molecular formula is C20H22F3N3O3S. The fourth-order valence-electron chi connectivity index (χ4n) is 3.06. The van der Waals surface area contributed by atoms with Crippen LogP contribution < -0.4 is 15.4 Å². The normalized spacial score (nSPS) is 13.5. The Morgan fingerprint density at radius 1 is 1.20 bits per heavy atom. The van der Waals surface area contributed by atoms with Gasteiger partial charge in [0.05, 0.1) is 0 Å². The molecule has 30 heavy (non-hydrogen) atoms. The number of alkyl halides is 3. The average molecular weight is 441 g/mol. The van der Waals surface area contributed by atoms with E-state index in [-0.39, 0.29) is 31.2 Å². The zero-order chi connectivity index (χ0) is 21.6. The van der Waals surface area contributed by atoms with Crippen LogP contribution in [0.15, 0.2) is 35.7 Å². The summed E-state index contributed by atoms with van der Waals surface area (Å²) in [6.45, 7) is 0.244. The van der Waals surface area contributed by atoms with E-state index in [2.05, 4.69) is 15.4 Å². The lowest BCUT2D eigenvalue weighted by atomic mass is 10.1. The number of benzene rings is 1. The number of amides is 3. The monoisotopic (exact) mass is 441 g/mol. The van der Waals surface area contributed by atoms with E-state index in [1.54, 1.807) is 28.4 Å². The lowest BCUT2D eigenvalue weighted by Gasteiger charge is -2.27. The molecule has 2 N–H and O–H groups in total. The first-order valence-electron chi connectivity index (χ1n) is 9.43. The van der Waals surface area contributed by atoms with E-state index in [0.717, 1.165) is 6.42 Å². The first-order valence-corrected chi connectivity index (χ1v) is 10.3. The fourth-order valence-corrected chi connectivity index (χ4v) is 3.95. The van der Waals surface area contributed by atoms with E-state index < -0.39 is 18.8 Å². The summed E-state index contributed by atoms with van der Waals surface area (Å²) in [5.41, 5.74) is 1.78. The summed E-state index contributed by atoms with van der Waals surface area (Å²) >= 11 is 1.71. The number of hydrogen-bond donors (Lipinski definition) is 2. The SMILES string of the molecule is O=C(NCCC(=O)N1CCc2sccc2C1)NCc1cccc(OCC(F)(F)F)c1. The molecule has 2 heterocycles. The van der Waals surface area contributed by atoms with Crippen LogP contribution in [0, 0.1) is 0 Å². The van der Waals surface area contributed by atoms with Crippen LogP contribution in [0.3, 0.4) is 0 Å². The second-order valence-electron chi connectivity index (χ2n) is 6.85. The summed E-state index contributed by atoms with van der Waals surface area (Å²) in [7, 11) is 0. The Bertz CT molecular complexity index is 885. The lowest BCUT2D eigenvalue weighted by molar-refractivity contribution is -0.153. The van der Waals surface area contributed by atoms with Crippen molar-refractivity contribution in [3.63, 3.8) is 0 Å². The Hall–Kier alpha value is -2.75. The van der Waals surface area contributed by atoms with E-state index in [0.29, 0.717) is 18.7 Å². The van der Waals surface area contributed by atoms with Gasteiger partial charge in [-0.3, -0.25) is 4.79 Å². The summed E-state index contributed by atoms with van der Waals surface area (Å²) in [5.74, 6) is 0.0644. The third-order valence-electron chi connectivity index (χ3n) is 4.54. The number of ether oxygens (including phenoxy) is 1. The number of carbonyl (C=O) groups excluding carboxylic acids is 2. The number of nitrogens with one attached hydrogen (secondary N) is 2. The van der Waals surface area contributed by atoms with Crippen LogP contribution in [0.5, 0.6) is 5.75 Å². The molecule has 3 rings (SSSR count). The molecule has 10 heteroatoms. The van der Waals surface area contributed by atoms with Gasteiger partial charge in [0, 0.05) is 37.5 Å². The molecule has 2 aromatic rings. The van der Waals surface area contributed by atoms with Gasteiger partial charge in [0.2, 0.25) is 5.91 Å². The molecule has 1 aromatic carbocycles. The van der Waals surface area contributed by atoms with Crippen molar-refractivity contribution >= 4 is 23.3 Å². The Balaban J connectivity index is 1.36. The van der Waals surface area contributed by atoms with Crippen LogP contribution in [-0.2, 0) is 24.3 Å². The van der Waals surface area contributed by atoms with E-state index in [1.165, 1.54) is 22.6 Å². The number of nitrogens with zero attached hydrogens (tertiary/aromatic N) is 1. The van der Waals surface area contributed by atoms with Crippen LogP contribution in [0.2, 0.25) is 0 Å². The Morgan fingerprint density at radius 3 is 2.83 bits per heavy atom. The molecule has 0 radical (unpaired) electrons. The number of fused-ring (bicyclic) bond motifs is 1. The van der Waals surface area contributed by atoms with Crippen molar-refractivity contribution in [2.24, 2.45) is 0 Å². The molecule has 0 saturated carbocycles. The molecule has 162 valence electrons. The molecular weight excluding hydrogens is 419 g/mol. The molecule has 0 aliphatic carbocycles. The van der Waals surface area contributed by atoms with Gasteiger partial charge in [-0.2, -0.15) is 13.2 Å². The summed E-state index contributed by atoms with van der Waals surface area (Å²) in [5, 5.41) is 7.26. The molecule has 6 nitrogen and oxygen atoms in total. The van der Waals surface area contributed by atoms with Crippen molar-refractivity contribution in [3.8, 4) is 5.75 Å². The van der Waals surface area contributed by atoms with Crippen LogP contribution in [-0.4, -0.2) is 42.7 Å². The summed E-state index contributed by atoms with van der Waals surface area (Å²) in [6.07, 6.45) is -3.35. The number of carbonyl (C=O) groups is 2. The molecule has 1 aliphatic rings. The van der Waals surface area contributed by atoms with Gasteiger partial charge in [0.15, 0.2) is 6.61 Å². The molecule has 0 bridgehead atoms. The van der Waals surface area contributed by atoms with Crippen molar-refractivity contribution in [2.45, 2.75) is 32.1 Å². The zero-order valence-electron chi connectivity index (χ0n) is 16.1. The van der Waals surface area contributed by atoms with Gasteiger partial charge in [0.1, 0.15) is 5.75 Å². The van der Waals surface area contributed by atoms with Gasteiger partial charge in [-0.05, 0) is 41.1 Å². The van der Waals surface area contributed by atoms with Crippen molar-refractivity contribution < 1.29 is 27.5 Å². The van der Waals surface area contributed by atoms with Gasteiger partial charge in [-0.1, -0.05) is 12.1 Å². The van der Waals surface area contributed by atoms with Gasteiger partial charge in [-0.15, -0.1) is 11.3 Å². The highest BCUT2D eigenvalue weighted by molar-refractivity contribution is 7.10. The highest BCUT2D eigenvalue weighted by Crippen LogP contribution is 2.24. The van der Waals surface area contributed by atoms with E-state index in [4.69, 9.17) is 0 Å². The van der Waals surface area contributed by atoms with Crippen molar-refractivity contribution in [3.05, 3.63) is 51.7 Å². The number of rotatable bonds is 7. The fraction of sp³-hybridized carbons (Fsp3) is 0.400. The minimum absolute atomic E-state index is 0.0123. The minimum Gasteiger partial charge on any atom is -0.484 e. The minimum atomic E-state index is -4.41. The van der Waals surface area contributed by atoms with E-state index in [1.807, 2.05) is 11.4 Å². The first-order chi connectivity index (χ1) is 14.3. The summed E-state index contributed by atoms with van der Waals surface area (Å²) in [4.78, 5) is 27.4. The Morgan fingerprint density at radius 2 is 2.03 bits per heavy atom. The van der Waals surface area contributed by atoms with Crippen molar-refractivity contribution in [1.82, 2.24) is 15.5 Å². The standard InChI is InChI=1S/C20H22F3N3O3S/c21-20(22,23)13-29-16-3-1-2-14(10-16)11-25-19(28)24-7-4-18(27)26-8-5-17-15(12-26)6-9-30-17/h1-3,6,9-10H,4-5,7-8,11-13H2,(H2,24,25,28). The molecule has 1 aromatic heterocycles. The highest BCUT2D eigenvalue weighted by Gasteiger charge is 2.28. The van der Waals surface area contributed by atoms with E-state index in [9.17, 15) is 22.8 Å². The largest absolute Gasteiger partial charge is 0.484 e. The second kappa shape index (κ2) is 9.84. The first kappa shape index (κ1) is 21.9. The molecule has 0 spiro atoms. The predicted octanol–water partition coefficient (Wildman–Crippen LogP) is 3.46. The zero-order valence-corrected chi connectivity index (χ0v) is 16.9. The smallest absolute Gasteiger partial charge is 0.422 e. The Kier molecular flexibility index (Phi) is 7.20. The van der Waals surface area contributed by atoms with Gasteiger partial charge >= 0.3 is 12.2 Å². The third-order valence-corrected chi connectivity index (χ3v) is 5.56. The van der Waals surface area contributed by atoms with Crippen LogP contribution >= 0.6 is 11.3 Å². The quantitative estimate of drug-likeness (QED) is 0.691. The van der Waals surface area contributed by atoms with Crippen LogP contribution in [0.4, 0.5) is 18.0 Å². The molecule has 0 saturated heterocycles. The molecule has 0 atom stereocenters. The Labute approximate surface area is 176 Å². The number of urea groups is 1. The number of thiophene rings is 1. The summed E-state index contributed by atoms with van der Waals surface area (Å²) < 4.78 is 41.4.